The largest absolute Gasteiger partial charge is 0.449 e. The summed E-state index contributed by atoms with van der Waals surface area (Å²) in [6.07, 6.45) is -16.4. The average molecular weight is 539 g/mol. The number of aliphatic hydroxyl groups is 2. The van der Waals surface area contributed by atoms with Gasteiger partial charge in [-0.15, -0.1) is 0 Å². The molecule has 11 heteroatoms. The molecule has 1 amide bonds. The Morgan fingerprint density at radius 3 is 1.82 bits per heavy atom. The Morgan fingerprint density at radius 2 is 1.32 bits per heavy atom. The number of hydrogen-bond donors (Lipinski definition) is 3. The Kier molecular flexibility index (Phi) is 7.70. The number of benzene rings is 3. The molecule has 38 heavy (non-hydrogen) atoms. The van der Waals surface area contributed by atoms with E-state index in [2.05, 4.69) is 5.32 Å². The molecule has 202 valence electrons. The van der Waals surface area contributed by atoms with Gasteiger partial charge in [-0.25, -0.2) is 4.79 Å². The van der Waals surface area contributed by atoms with Gasteiger partial charge in [-0.2, -0.15) is 26.3 Å². The summed E-state index contributed by atoms with van der Waals surface area (Å²) in [4.78, 5) is 12.2. The number of carbonyl (C=O) groups excluding carboxylic acids is 1. The van der Waals surface area contributed by atoms with Crippen LogP contribution in [0.2, 0.25) is 0 Å². The monoisotopic (exact) mass is 539 g/mol. The van der Waals surface area contributed by atoms with Crippen LogP contribution in [-0.2, 0) is 17.1 Å². The number of hydrogen-bond acceptors (Lipinski definition) is 4. The molecule has 0 fully saturated rings. The van der Waals surface area contributed by atoms with E-state index in [1.54, 1.807) is 0 Å². The predicted molar refractivity (Wildman–Crippen MR) is 125 cm³/mol. The van der Waals surface area contributed by atoms with Gasteiger partial charge >= 0.3 is 18.4 Å². The van der Waals surface area contributed by atoms with Crippen molar-refractivity contribution in [2.75, 3.05) is 13.2 Å². The molecule has 3 aromatic rings. The zero-order valence-corrected chi connectivity index (χ0v) is 19.7. The van der Waals surface area contributed by atoms with E-state index in [9.17, 15) is 41.4 Å². The normalized spacial score (nSPS) is 14.9. The number of fused-ring (bicyclic) bond motifs is 3. The van der Waals surface area contributed by atoms with Crippen LogP contribution < -0.4 is 5.32 Å². The van der Waals surface area contributed by atoms with Crippen molar-refractivity contribution in [3.63, 3.8) is 0 Å². The molecule has 0 aromatic heterocycles. The third-order valence-corrected chi connectivity index (χ3v) is 6.43. The van der Waals surface area contributed by atoms with E-state index in [0.717, 1.165) is 22.3 Å². The van der Waals surface area contributed by atoms with Gasteiger partial charge in [0.15, 0.2) is 0 Å². The fourth-order valence-corrected chi connectivity index (χ4v) is 4.70. The van der Waals surface area contributed by atoms with Gasteiger partial charge in [-0.3, -0.25) is 0 Å². The Labute approximate surface area is 213 Å². The van der Waals surface area contributed by atoms with Crippen molar-refractivity contribution >= 4 is 6.09 Å². The van der Waals surface area contributed by atoms with Crippen molar-refractivity contribution in [3.05, 3.63) is 94.5 Å². The smallest absolute Gasteiger partial charge is 0.416 e. The van der Waals surface area contributed by atoms with Crippen LogP contribution in [0.15, 0.2) is 66.7 Å². The van der Waals surface area contributed by atoms with Crippen LogP contribution in [-0.4, -0.2) is 35.6 Å². The second-order valence-corrected chi connectivity index (χ2v) is 8.82. The van der Waals surface area contributed by atoms with Crippen molar-refractivity contribution in [1.82, 2.24) is 5.32 Å². The molecular formula is C27H23F6NO4. The summed E-state index contributed by atoms with van der Waals surface area (Å²) in [6, 6.07) is 16.7. The first-order valence-corrected chi connectivity index (χ1v) is 11.6. The van der Waals surface area contributed by atoms with Crippen molar-refractivity contribution in [3.8, 4) is 11.1 Å². The fourth-order valence-electron chi connectivity index (χ4n) is 4.70. The van der Waals surface area contributed by atoms with Crippen LogP contribution in [0.1, 0.15) is 46.3 Å². The summed E-state index contributed by atoms with van der Waals surface area (Å²) < 4.78 is 85.5. The SMILES string of the molecule is O=C(NCCC(O)C(O)c1c(C(F)(F)F)cccc1C(F)(F)F)OCC1c2ccccc2-c2ccccc21. The van der Waals surface area contributed by atoms with Gasteiger partial charge in [-0.05, 0) is 40.8 Å². The third kappa shape index (κ3) is 5.63. The molecule has 2 atom stereocenters. The van der Waals surface area contributed by atoms with Crippen LogP contribution in [0.5, 0.6) is 0 Å². The van der Waals surface area contributed by atoms with E-state index >= 15 is 0 Å². The minimum Gasteiger partial charge on any atom is -0.449 e. The van der Waals surface area contributed by atoms with Gasteiger partial charge in [-0.1, -0.05) is 54.6 Å². The summed E-state index contributed by atoms with van der Waals surface area (Å²) in [6.45, 7) is -0.386. The first-order chi connectivity index (χ1) is 17.9. The molecule has 3 aromatic carbocycles. The van der Waals surface area contributed by atoms with Crippen LogP contribution in [0.4, 0.5) is 31.1 Å². The Balaban J connectivity index is 1.37. The molecule has 0 saturated heterocycles. The summed E-state index contributed by atoms with van der Waals surface area (Å²) >= 11 is 0. The highest BCUT2D eigenvalue weighted by molar-refractivity contribution is 5.79. The van der Waals surface area contributed by atoms with Gasteiger partial charge in [0.2, 0.25) is 0 Å². The summed E-state index contributed by atoms with van der Waals surface area (Å²) in [7, 11) is 0. The van der Waals surface area contributed by atoms with Gasteiger partial charge in [0, 0.05) is 18.0 Å². The highest BCUT2D eigenvalue weighted by Gasteiger charge is 2.43. The maximum Gasteiger partial charge on any atom is 0.416 e. The molecule has 1 aliphatic rings. The predicted octanol–water partition coefficient (Wildman–Crippen LogP) is 6.05. The Bertz CT molecular complexity index is 1230. The van der Waals surface area contributed by atoms with Crippen molar-refractivity contribution in [2.45, 2.75) is 36.9 Å². The number of nitrogens with one attached hydrogen (secondary N) is 1. The number of ether oxygens (including phenoxy) is 1. The molecule has 0 heterocycles. The summed E-state index contributed by atoms with van der Waals surface area (Å²) in [5.41, 5.74) is -0.890. The summed E-state index contributed by atoms with van der Waals surface area (Å²) in [5.74, 6) is -0.222. The lowest BCUT2D eigenvalue weighted by Crippen LogP contribution is -2.32. The van der Waals surface area contributed by atoms with Gasteiger partial charge in [0.25, 0.3) is 0 Å². The molecule has 0 aliphatic heterocycles. The number of amides is 1. The molecular weight excluding hydrogens is 516 g/mol. The van der Waals surface area contributed by atoms with E-state index < -0.39 is 53.8 Å². The highest BCUT2D eigenvalue weighted by atomic mass is 19.4. The van der Waals surface area contributed by atoms with E-state index in [1.807, 2.05) is 48.5 Å². The number of alkyl halides is 6. The molecule has 4 rings (SSSR count). The second kappa shape index (κ2) is 10.7. The lowest BCUT2D eigenvalue weighted by atomic mass is 9.91. The minimum atomic E-state index is -5.20. The highest BCUT2D eigenvalue weighted by Crippen LogP contribution is 2.45. The quantitative estimate of drug-likeness (QED) is 0.320. The van der Waals surface area contributed by atoms with Crippen LogP contribution in [0.25, 0.3) is 11.1 Å². The first-order valence-electron chi connectivity index (χ1n) is 11.6. The molecule has 0 bridgehead atoms. The molecule has 3 N–H and O–H groups in total. The molecule has 0 spiro atoms. The molecule has 0 radical (unpaired) electrons. The number of halogens is 6. The van der Waals surface area contributed by atoms with Crippen LogP contribution in [0, 0.1) is 0 Å². The molecule has 0 saturated carbocycles. The van der Waals surface area contributed by atoms with Gasteiger partial charge in [0.05, 0.1) is 17.2 Å². The number of carbonyl (C=O) groups is 1. The lowest BCUT2D eigenvalue weighted by Gasteiger charge is -2.25. The molecule has 1 aliphatic carbocycles. The minimum absolute atomic E-state index is 0.0149. The van der Waals surface area contributed by atoms with Crippen molar-refractivity contribution in [2.24, 2.45) is 0 Å². The second-order valence-electron chi connectivity index (χ2n) is 8.82. The average Bonchev–Trinajstić information content (AvgIpc) is 3.19. The first kappa shape index (κ1) is 27.5. The lowest BCUT2D eigenvalue weighted by molar-refractivity contribution is -0.147. The number of alkyl carbamates (subject to hydrolysis) is 1. The van der Waals surface area contributed by atoms with Crippen LogP contribution in [0.3, 0.4) is 0 Å². The standard InChI is InChI=1S/C27H23F6NO4/c28-26(29,30)20-10-5-11-21(27(31,32)33)23(20)24(36)22(35)12-13-34-25(37)38-14-19-17-8-3-1-6-15(17)16-7-2-4-9-18(16)19/h1-11,19,22,24,35-36H,12-14H2,(H,34,37). The third-order valence-electron chi connectivity index (χ3n) is 6.43. The Morgan fingerprint density at radius 1 is 0.816 bits per heavy atom. The van der Waals surface area contributed by atoms with Crippen LogP contribution >= 0.6 is 0 Å². The van der Waals surface area contributed by atoms with E-state index in [-0.39, 0.29) is 19.1 Å². The maximum absolute atomic E-state index is 13.4. The van der Waals surface area contributed by atoms with E-state index in [4.69, 9.17) is 4.74 Å². The molecule has 2 unspecified atom stereocenters. The molecule has 5 nitrogen and oxygen atoms in total. The van der Waals surface area contributed by atoms with E-state index in [0.29, 0.717) is 18.2 Å². The van der Waals surface area contributed by atoms with Gasteiger partial charge in [0.1, 0.15) is 12.7 Å². The maximum atomic E-state index is 13.4. The number of aliphatic hydroxyl groups excluding tert-OH is 2. The summed E-state index contributed by atoms with van der Waals surface area (Å²) in [5, 5.41) is 22.8. The van der Waals surface area contributed by atoms with Gasteiger partial charge < -0.3 is 20.3 Å². The number of rotatable bonds is 7. The fraction of sp³-hybridized carbons (Fsp3) is 0.296. The van der Waals surface area contributed by atoms with Crippen molar-refractivity contribution in [1.29, 1.82) is 0 Å². The topological polar surface area (TPSA) is 78.8 Å². The zero-order chi connectivity index (χ0) is 27.7. The zero-order valence-electron chi connectivity index (χ0n) is 19.7. The van der Waals surface area contributed by atoms with Crippen molar-refractivity contribution < 1.29 is 46.1 Å². The Hall–Kier alpha value is -3.57. The van der Waals surface area contributed by atoms with E-state index in [1.165, 1.54) is 0 Å².